The van der Waals surface area contributed by atoms with E-state index in [2.05, 4.69) is 14.9 Å². The molecule has 0 aliphatic carbocycles. The first-order valence-corrected chi connectivity index (χ1v) is 8.73. The van der Waals surface area contributed by atoms with Crippen molar-refractivity contribution in [2.45, 2.75) is 9.24 Å². The molecule has 6 nitrogen and oxygen atoms in total. The number of rotatable bonds is 6. The van der Waals surface area contributed by atoms with Crippen LogP contribution < -0.4 is 10.5 Å². The van der Waals surface area contributed by atoms with Crippen molar-refractivity contribution in [1.29, 1.82) is 0 Å². The molecule has 2 rings (SSSR count). The van der Waals surface area contributed by atoms with E-state index in [1.165, 1.54) is 35.2 Å². The number of aromatic nitrogens is 2. The summed E-state index contributed by atoms with van der Waals surface area (Å²) in [6, 6.07) is 4.65. The summed E-state index contributed by atoms with van der Waals surface area (Å²) in [7, 11) is -3.61. The number of nitrogens with one attached hydrogen (secondary N) is 1. The Morgan fingerprint density at radius 3 is 2.60 bits per heavy atom. The lowest BCUT2D eigenvalue weighted by molar-refractivity contribution is 0.583. The molecule has 10 heteroatoms. The quantitative estimate of drug-likeness (QED) is 0.611. The maximum Gasteiger partial charge on any atom is 0.240 e. The summed E-state index contributed by atoms with van der Waals surface area (Å²) in [4.78, 5) is 0.0315. The van der Waals surface area contributed by atoms with Crippen LogP contribution in [0.5, 0.6) is 0 Å². The van der Waals surface area contributed by atoms with Gasteiger partial charge in [-0.25, -0.2) is 17.5 Å². The van der Waals surface area contributed by atoms with Crippen molar-refractivity contribution >= 4 is 38.3 Å². The van der Waals surface area contributed by atoms with Gasteiger partial charge in [-0.2, -0.15) is 0 Å². The molecular weight excluding hydrogens is 323 g/mol. The zero-order chi connectivity index (χ0) is 14.6. The molecule has 0 amide bonds. The molecule has 0 unspecified atom stereocenters. The molecule has 0 fully saturated rings. The van der Waals surface area contributed by atoms with Crippen LogP contribution in [0.3, 0.4) is 0 Å². The maximum absolute atomic E-state index is 12.7. The van der Waals surface area contributed by atoms with E-state index in [0.29, 0.717) is 15.2 Å². The van der Waals surface area contributed by atoms with E-state index >= 15 is 0 Å². The van der Waals surface area contributed by atoms with Gasteiger partial charge >= 0.3 is 0 Å². The Morgan fingerprint density at radius 2 is 2.00 bits per heavy atom. The van der Waals surface area contributed by atoms with Gasteiger partial charge in [0.05, 0.1) is 4.90 Å². The average Bonchev–Trinajstić information content (AvgIpc) is 2.81. The fourth-order valence-electron chi connectivity index (χ4n) is 1.29. The van der Waals surface area contributed by atoms with E-state index in [1.54, 1.807) is 0 Å². The number of thioether (sulfide) groups is 1. The van der Waals surface area contributed by atoms with E-state index < -0.39 is 15.8 Å². The van der Waals surface area contributed by atoms with Crippen LogP contribution >= 0.6 is 23.1 Å². The number of anilines is 1. The second-order valence-electron chi connectivity index (χ2n) is 3.61. The van der Waals surface area contributed by atoms with E-state index in [0.717, 1.165) is 12.1 Å². The smallest absolute Gasteiger partial charge is 0.240 e. The lowest BCUT2D eigenvalue weighted by Gasteiger charge is -2.05. The minimum absolute atomic E-state index is 0.0315. The molecule has 0 aliphatic heterocycles. The Kier molecular flexibility index (Phi) is 4.91. The van der Waals surface area contributed by atoms with Gasteiger partial charge in [0, 0.05) is 12.3 Å². The number of hydrogen-bond acceptors (Lipinski definition) is 7. The molecule has 0 bridgehead atoms. The van der Waals surface area contributed by atoms with Gasteiger partial charge in [0.15, 0.2) is 4.34 Å². The zero-order valence-electron chi connectivity index (χ0n) is 10.1. The van der Waals surface area contributed by atoms with Crippen LogP contribution in [0.2, 0.25) is 0 Å². The lowest BCUT2D eigenvalue weighted by atomic mass is 10.4. The normalized spacial score (nSPS) is 11.7. The van der Waals surface area contributed by atoms with Gasteiger partial charge in [-0.3, -0.25) is 0 Å². The molecule has 2 aromatic rings. The summed E-state index contributed by atoms with van der Waals surface area (Å²) >= 11 is 2.60. The van der Waals surface area contributed by atoms with Gasteiger partial charge in [-0.05, 0) is 24.3 Å². The monoisotopic (exact) mass is 334 g/mol. The second-order valence-corrected chi connectivity index (χ2v) is 7.72. The van der Waals surface area contributed by atoms with Crippen molar-refractivity contribution in [3.63, 3.8) is 0 Å². The minimum atomic E-state index is -3.61. The molecule has 0 aliphatic rings. The molecule has 0 saturated heterocycles. The SMILES string of the molecule is Nc1nnc(SCCNS(=O)(=O)c2ccc(F)cc2)s1. The summed E-state index contributed by atoms with van der Waals surface area (Å²) in [6.45, 7) is 0.226. The fourth-order valence-corrected chi connectivity index (χ4v) is 4.01. The Labute approximate surface area is 123 Å². The number of nitrogens with zero attached hydrogens (tertiary/aromatic N) is 2. The standard InChI is InChI=1S/C10H11FN4O2S3/c11-7-1-3-8(4-2-7)20(16,17)13-5-6-18-10-15-14-9(12)19-10/h1-4,13H,5-6H2,(H2,12,14). The third kappa shape index (κ3) is 4.13. The van der Waals surface area contributed by atoms with E-state index in [9.17, 15) is 12.8 Å². The Hall–Kier alpha value is -1.23. The lowest BCUT2D eigenvalue weighted by Crippen LogP contribution is -2.26. The Balaban J connectivity index is 1.85. The van der Waals surface area contributed by atoms with Crippen LogP contribution in [0.25, 0.3) is 0 Å². The number of nitrogen functional groups attached to an aromatic ring is 1. The van der Waals surface area contributed by atoms with Crippen LogP contribution in [0, 0.1) is 5.82 Å². The third-order valence-electron chi connectivity index (χ3n) is 2.17. The summed E-state index contributed by atoms with van der Waals surface area (Å²) in [5.41, 5.74) is 5.43. The molecule has 1 aromatic heterocycles. The highest BCUT2D eigenvalue weighted by Crippen LogP contribution is 2.22. The zero-order valence-corrected chi connectivity index (χ0v) is 12.6. The average molecular weight is 334 g/mol. The molecule has 0 radical (unpaired) electrons. The number of benzene rings is 1. The van der Waals surface area contributed by atoms with E-state index in [4.69, 9.17) is 5.73 Å². The van der Waals surface area contributed by atoms with Crippen molar-refractivity contribution in [2.24, 2.45) is 0 Å². The van der Waals surface area contributed by atoms with Crippen molar-refractivity contribution < 1.29 is 12.8 Å². The van der Waals surface area contributed by atoms with Crippen LogP contribution in [-0.2, 0) is 10.0 Å². The summed E-state index contributed by atoms with van der Waals surface area (Å²) in [6.07, 6.45) is 0. The Morgan fingerprint density at radius 1 is 1.30 bits per heavy atom. The molecule has 0 atom stereocenters. The first-order chi connectivity index (χ1) is 9.47. The molecule has 1 heterocycles. The predicted octanol–water partition coefficient (Wildman–Crippen LogP) is 1.33. The highest BCUT2D eigenvalue weighted by atomic mass is 32.2. The highest BCUT2D eigenvalue weighted by molar-refractivity contribution is 8.01. The van der Waals surface area contributed by atoms with Gasteiger partial charge in [0.1, 0.15) is 5.82 Å². The van der Waals surface area contributed by atoms with E-state index in [-0.39, 0.29) is 11.4 Å². The molecule has 0 spiro atoms. The van der Waals surface area contributed by atoms with Crippen molar-refractivity contribution in [2.75, 3.05) is 18.0 Å². The first-order valence-electron chi connectivity index (χ1n) is 5.44. The van der Waals surface area contributed by atoms with Crippen LogP contribution in [0.4, 0.5) is 9.52 Å². The Bertz CT molecular complexity index is 672. The van der Waals surface area contributed by atoms with Crippen LogP contribution in [0.15, 0.2) is 33.5 Å². The number of sulfonamides is 1. The molecule has 0 saturated carbocycles. The second kappa shape index (κ2) is 6.48. The summed E-state index contributed by atoms with van der Waals surface area (Å²) < 4.78 is 39.6. The topological polar surface area (TPSA) is 98.0 Å². The number of nitrogens with two attached hydrogens (primary N) is 1. The number of halogens is 1. The summed E-state index contributed by atoms with van der Waals surface area (Å²) in [5, 5.41) is 7.83. The fraction of sp³-hybridized carbons (Fsp3) is 0.200. The van der Waals surface area contributed by atoms with Crippen molar-refractivity contribution in [3.8, 4) is 0 Å². The summed E-state index contributed by atoms with van der Waals surface area (Å²) in [5.74, 6) is 0.0167. The largest absolute Gasteiger partial charge is 0.374 e. The third-order valence-corrected chi connectivity index (χ3v) is 5.53. The van der Waals surface area contributed by atoms with Gasteiger partial charge < -0.3 is 5.73 Å². The van der Waals surface area contributed by atoms with Crippen molar-refractivity contribution in [1.82, 2.24) is 14.9 Å². The van der Waals surface area contributed by atoms with Crippen molar-refractivity contribution in [3.05, 3.63) is 30.1 Å². The van der Waals surface area contributed by atoms with Gasteiger partial charge in [0.25, 0.3) is 0 Å². The molecule has 20 heavy (non-hydrogen) atoms. The first kappa shape index (κ1) is 15.2. The van der Waals surface area contributed by atoms with Gasteiger partial charge in [0.2, 0.25) is 15.2 Å². The molecule has 1 aromatic carbocycles. The van der Waals surface area contributed by atoms with Gasteiger partial charge in [-0.1, -0.05) is 23.1 Å². The van der Waals surface area contributed by atoms with Crippen LogP contribution in [0.1, 0.15) is 0 Å². The highest BCUT2D eigenvalue weighted by Gasteiger charge is 2.13. The molecular formula is C10H11FN4O2S3. The number of hydrogen-bond donors (Lipinski definition) is 2. The molecule has 3 N–H and O–H groups in total. The minimum Gasteiger partial charge on any atom is -0.374 e. The van der Waals surface area contributed by atoms with Crippen LogP contribution in [-0.4, -0.2) is 30.9 Å². The molecule has 108 valence electrons. The predicted molar refractivity (Wildman–Crippen MR) is 76.6 cm³/mol. The maximum atomic E-state index is 12.7. The van der Waals surface area contributed by atoms with E-state index in [1.807, 2.05) is 0 Å². The van der Waals surface area contributed by atoms with Gasteiger partial charge in [-0.15, -0.1) is 10.2 Å².